The van der Waals surface area contributed by atoms with Gasteiger partial charge < -0.3 is 9.84 Å². The Labute approximate surface area is 101 Å². The Kier molecular flexibility index (Phi) is 3.08. The molecule has 4 nitrogen and oxygen atoms in total. The normalized spacial score (nSPS) is 37.9. The van der Waals surface area contributed by atoms with E-state index in [1.165, 1.54) is 0 Å². The highest BCUT2D eigenvalue weighted by Crippen LogP contribution is 2.45. The van der Waals surface area contributed by atoms with Gasteiger partial charge in [0, 0.05) is 18.3 Å². The van der Waals surface area contributed by atoms with E-state index >= 15 is 0 Å². The van der Waals surface area contributed by atoms with Crippen molar-refractivity contribution in [3.63, 3.8) is 0 Å². The molecule has 1 N–H and O–H groups in total. The summed E-state index contributed by atoms with van der Waals surface area (Å²) in [7, 11) is 0. The van der Waals surface area contributed by atoms with Gasteiger partial charge in [0.05, 0.1) is 18.1 Å². The summed E-state index contributed by atoms with van der Waals surface area (Å²) in [5.41, 5.74) is -0.457. The number of carboxylic acid groups (broad SMARTS) is 1. The lowest BCUT2D eigenvalue weighted by Gasteiger charge is -2.33. The minimum atomic E-state index is -0.785. The molecule has 4 unspecified atom stereocenters. The van der Waals surface area contributed by atoms with Gasteiger partial charge in [0.2, 0.25) is 0 Å². The van der Waals surface area contributed by atoms with Gasteiger partial charge >= 0.3 is 5.97 Å². The van der Waals surface area contributed by atoms with Gasteiger partial charge in [-0.15, -0.1) is 0 Å². The molecule has 1 saturated heterocycles. The lowest BCUT2D eigenvalue weighted by molar-refractivity contribution is -0.144. The number of carbonyl (C=O) groups is 2. The van der Waals surface area contributed by atoms with Crippen LogP contribution in [-0.4, -0.2) is 29.1 Å². The summed E-state index contributed by atoms with van der Waals surface area (Å²) in [4.78, 5) is 22.7. The van der Waals surface area contributed by atoms with Crippen LogP contribution in [0.3, 0.4) is 0 Å². The Bertz CT molecular complexity index is 374. The SMILES string of the molecule is CCC(C(=O)O)C1COC2(C)C=CC(=O)CC12. The van der Waals surface area contributed by atoms with E-state index in [1.807, 2.05) is 13.8 Å². The molecule has 0 aromatic heterocycles. The second-order valence-corrected chi connectivity index (χ2v) is 5.12. The summed E-state index contributed by atoms with van der Waals surface area (Å²) in [6.07, 6.45) is 4.33. The van der Waals surface area contributed by atoms with Crippen molar-refractivity contribution in [1.29, 1.82) is 0 Å². The zero-order chi connectivity index (χ0) is 12.6. The van der Waals surface area contributed by atoms with Crippen molar-refractivity contribution in [2.75, 3.05) is 6.61 Å². The molecule has 0 aromatic rings. The quantitative estimate of drug-likeness (QED) is 0.812. The number of hydrogen-bond donors (Lipinski definition) is 1. The molecule has 4 atom stereocenters. The number of aliphatic carboxylic acids is 1. The number of ketones is 1. The average molecular weight is 238 g/mol. The molecule has 2 rings (SSSR count). The van der Waals surface area contributed by atoms with Crippen molar-refractivity contribution in [3.8, 4) is 0 Å². The third-order valence-electron chi connectivity index (χ3n) is 4.13. The summed E-state index contributed by atoms with van der Waals surface area (Å²) in [6.45, 7) is 4.24. The minimum absolute atomic E-state index is 0.000972. The molecule has 0 spiro atoms. The number of carboxylic acids is 1. The summed E-state index contributed by atoms with van der Waals surface area (Å²) in [6, 6.07) is 0. The summed E-state index contributed by atoms with van der Waals surface area (Å²) >= 11 is 0. The zero-order valence-corrected chi connectivity index (χ0v) is 10.2. The lowest BCUT2D eigenvalue weighted by Crippen LogP contribution is -2.39. The van der Waals surface area contributed by atoms with Crippen LogP contribution in [0.15, 0.2) is 12.2 Å². The van der Waals surface area contributed by atoms with E-state index in [1.54, 1.807) is 12.2 Å². The maximum Gasteiger partial charge on any atom is 0.306 e. The minimum Gasteiger partial charge on any atom is -0.481 e. The fourth-order valence-electron chi connectivity index (χ4n) is 3.05. The third-order valence-corrected chi connectivity index (χ3v) is 4.13. The maximum atomic E-state index is 11.5. The summed E-state index contributed by atoms with van der Waals surface area (Å²) in [5.74, 6) is -1.19. The van der Waals surface area contributed by atoms with Crippen LogP contribution in [0.5, 0.6) is 0 Å². The Morgan fingerprint density at radius 2 is 2.41 bits per heavy atom. The fraction of sp³-hybridized carbons (Fsp3) is 0.692. The van der Waals surface area contributed by atoms with E-state index in [9.17, 15) is 14.7 Å². The van der Waals surface area contributed by atoms with E-state index in [0.29, 0.717) is 19.4 Å². The van der Waals surface area contributed by atoms with Gasteiger partial charge in [0.15, 0.2) is 5.78 Å². The van der Waals surface area contributed by atoms with Gasteiger partial charge in [-0.2, -0.15) is 0 Å². The van der Waals surface area contributed by atoms with Gasteiger partial charge in [0.1, 0.15) is 0 Å². The molecule has 94 valence electrons. The van der Waals surface area contributed by atoms with E-state index in [2.05, 4.69) is 0 Å². The van der Waals surface area contributed by atoms with Gasteiger partial charge in [-0.1, -0.05) is 6.92 Å². The summed E-state index contributed by atoms with van der Waals surface area (Å²) < 4.78 is 5.74. The molecule has 17 heavy (non-hydrogen) atoms. The molecule has 1 aliphatic carbocycles. The lowest BCUT2D eigenvalue weighted by atomic mass is 9.70. The molecule has 1 fully saturated rings. The molecule has 1 aliphatic heterocycles. The van der Waals surface area contributed by atoms with Crippen LogP contribution in [0.25, 0.3) is 0 Å². The molecule has 0 saturated carbocycles. The molecular weight excluding hydrogens is 220 g/mol. The van der Waals surface area contributed by atoms with E-state index < -0.39 is 17.5 Å². The van der Waals surface area contributed by atoms with Gasteiger partial charge in [-0.3, -0.25) is 9.59 Å². The van der Waals surface area contributed by atoms with Crippen LogP contribution in [0.4, 0.5) is 0 Å². The molecule has 4 heteroatoms. The van der Waals surface area contributed by atoms with Gasteiger partial charge in [0.25, 0.3) is 0 Å². The van der Waals surface area contributed by atoms with E-state index in [-0.39, 0.29) is 17.6 Å². The van der Waals surface area contributed by atoms with Crippen LogP contribution in [-0.2, 0) is 14.3 Å². The Morgan fingerprint density at radius 1 is 1.71 bits per heavy atom. The molecule has 0 bridgehead atoms. The van der Waals surface area contributed by atoms with Gasteiger partial charge in [-0.25, -0.2) is 0 Å². The smallest absolute Gasteiger partial charge is 0.306 e. The Hall–Kier alpha value is -1.16. The Morgan fingerprint density at radius 3 is 3.00 bits per heavy atom. The molecule has 2 aliphatic rings. The van der Waals surface area contributed by atoms with Crippen LogP contribution < -0.4 is 0 Å². The average Bonchev–Trinajstić information content (AvgIpc) is 2.58. The molecule has 1 heterocycles. The molecule has 0 aromatic carbocycles. The second kappa shape index (κ2) is 4.26. The zero-order valence-electron chi connectivity index (χ0n) is 10.2. The molecule has 0 radical (unpaired) electrons. The van der Waals surface area contributed by atoms with Crippen molar-refractivity contribution in [1.82, 2.24) is 0 Å². The number of allylic oxidation sites excluding steroid dienone is 1. The fourth-order valence-corrected chi connectivity index (χ4v) is 3.05. The standard InChI is InChI=1S/C13H18O4/c1-3-9(12(15)16)10-7-17-13(2)5-4-8(14)6-11(10)13/h4-5,9-11H,3,6-7H2,1-2H3,(H,15,16). The number of carbonyl (C=O) groups excluding carboxylic acids is 1. The van der Waals surface area contributed by atoms with Crippen LogP contribution in [0.2, 0.25) is 0 Å². The van der Waals surface area contributed by atoms with Crippen LogP contribution in [0, 0.1) is 17.8 Å². The third kappa shape index (κ3) is 2.02. The Balaban J connectivity index is 2.25. The van der Waals surface area contributed by atoms with Crippen LogP contribution in [0.1, 0.15) is 26.7 Å². The highest BCUT2D eigenvalue weighted by atomic mass is 16.5. The van der Waals surface area contributed by atoms with E-state index in [0.717, 1.165) is 0 Å². The first-order valence-corrected chi connectivity index (χ1v) is 6.06. The number of ether oxygens (including phenoxy) is 1. The predicted molar refractivity (Wildman–Crippen MR) is 61.5 cm³/mol. The predicted octanol–water partition coefficient (Wildman–Crippen LogP) is 1.65. The van der Waals surface area contributed by atoms with E-state index in [4.69, 9.17) is 4.74 Å². The highest BCUT2D eigenvalue weighted by Gasteiger charge is 2.50. The topological polar surface area (TPSA) is 63.6 Å². The van der Waals surface area contributed by atoms with Crippen molar-refractivity contribution in [2.24, 2.45) is 17.8 Å². The molecular formula is C13H18O4. The second-order valence-electron chi connectivity index (χ2n) is 5.12. The number of fused-ring (bicyclic) bond motifs is 1. The van der Waals surface area contributed by atoms with Gasteiger partial charge in [-0.05, 0) is 25.5 Å². The van der Waals surface area contributed by atoms with Crippen molar-refractivity contribution < 1.29 is 19.4 Å². The molecule has 0 amide bonds. The first-order valence-electron chi connectivity index (χ1n) is 6.06. The maximum absolute atomic E-state index is 11.5. The first kappa shape index (κ1) is 12.3. The monoisotopic (exact) mass is 238 g/mol. The largest absolute Gasteiger partial charge is 0.481 e. The van der Waals surface area contributed by atoms with Crippen molar-refractivity contribution in [2.45, 2.75) is 32.3 Å². The van der Waals surface area contributed by atoms with Crippen molar-refractivity contribution >= 4 is 11.8 Å². The highest BCUT2D eigenvalue weighted by molar-refractivity contribution is 5.91. The summed E-state index contributed by atoms with van der Waals surface area (Å²) in [5, 5.41) is 9.22. The number of rotatable bonds is 3. The first-order chi connectivity index (χ1) is 7.98. The van der Waals surface area contributed by atoms with Crippen molar-refractivity contribution in [3.05, 3.63) is 12.2 Å². The van der Waals surface area contributed by atoms with Crippen LogP contribution >= 0.6 is 0 Å². The number of hydrogen-bond acceptors (Lipinski definition) is 3.